The minimum atomic E-state index is -0.0456. The Morgan fingerprint density at radius 2 is 2.04 bits per heavy atom. The predicted octanol–water partition coefficient (Wildman–Crippen LogP) is 3.76. The van der Waals surface area contributed by atoms with Crippen molar-refractivity contribution in [2.75, 3.05) is 26.6 Å². The monoisotopic (exact) mass is 491 g/mol. The lowest BCUT2D eigenvalue weighted by atomic mass is 9.84. The fourth-order valence-electron chi connectivity index (χ4n) is 3.40. The standard InChI is InChI=1S/C19H29N3O2S.HI/c1-19(2,13-5-8-16-17(9-13)24-12-23-16)11-21-18(20-3)22-14-6-7-15(10-14)25-4;/h5,8-9,14-15H,6-7,10-12H2,1-4H3,(H2,20,21,22);1H. The number of guanidine groups is 1. The molecule has 0 bridgehead atoms. The first-order valence-electron chi connectivity index (χ1n) is 8.92. The van der Waals surface area contributed by atoms with E-state index in [4.69, 9.17) is 9.47 Å². The molecule has 0 saturated heterocycles. The lowest BCUT2D eigenvalue weighted by molar-refractivity contribution is 0.174. The van der Waals surface area contributed by atoms with Gasteiger partial charge in [0.25, 0.3) is 0 Å². The highest BCUT2D eigenvalue weighted by Gasteiger charge is 2.27. The summed E-state index contributed by atoms with van der Waals surface area (Å²) in [6.07, 6.45) is 5.93. The Labute approximate surface area is 178 Å². The summed E-state index contributed by atoms with van der Waals surface area (Å²) in [6.45, 7) is 5.56. The fourth-order valence-corrected chi connectivity index (χ4v) is 4.19. The minimum absolute atomic E-state index is 0. The second-order valence-corrected chi connectivity index (χ2v) is 8.53. The number of halogens is 1. The maximum Gasteiger partial charge on any atom is 0.231 e. The molecule has 7 heteroatoms. The van der Waals surface area contributed by atoms with E-state index in [0.29, 0.717) is 12.8 Å². The summed E-state index contributed by atoms with van der Waals surface area (Å²) in [4.78, 5) is 4.40. The Balaban J connectivity index is 0.00000243. The largest absolute Gasteiger partial charge is 0.454 e. The summed E-state index contributed by atoms with van der Waals surface area (Å²) in [6, 6.07) is 6.72. The van der Waals surface area contributed by atoms with Gasteiger partial charge in [0.15, 0.2) is 17.5 Å². The van der Waals surface area contributed by atoms with Crippen LogP contribution in [0, 0.1) is 0 Å². The zero-order chi connectivity index (χ0) is 17.9. The number of nitrogens with zero attached hydrogens (tertiary/aromatic N) is 1. The molecule has 0 aromatic heterocycles. The van der Waals surface area contributed by atoms with Gasteiger partial charge in [0, 0.05) is 30.3 Å². The zero-order valence-corrected chi connectivity index (χ0v) is 19.1. The molecule has 1 saturated carbocycles. The smallest absolute Gasteiger partial charge is 0.231 e. The number of nitrogens with one attached hydrogen (secondary N) is 2. The second kappa shape index (κ2) is 9.39. The van der Waals surface area contributed by atoms with Gasteiger partial charge in [0.2, 0.25) is 6.79 Å². The van der Waals surface area contributed by atoms with Gasteiger partial charge in [-0.25, -0.2) is 0 Å². The summed E-state index contributed by atoms with van der Waals surface area (Å²) in [5, 5.41) is 7.85. The van der Waals surface area contributed by atoms with Gasteiger partial charge in [-0.2, -0.15) is 11.8 Å². The normalized spacial score (nSPS) is 22.1. The van der Waals surface area contributed by atoms with Crippen LogP contribution in [-0.4, -0.2) is 43.9 Å². The van der Waals surface area contributed by atoms with Crippen LogP contribution in [0.25, 0.3) is 0 Å². The number of thioether (sulfide) groups is 1. The van der Waals surface area contributed by atoms with Crippen molar-refractivity contribution in [1.29, 1.82) is 0 Å². The molecule has 146 valence electrons. The average molecular weight is 491 g/mol. The van der Waals surface area contributed by atoms with Crippen LogP contribution in [0.3, 0.4) is 0 Å². The van der Waals surface area contributed by atoms with E-state index in [-0.39, 0.29) is 29.4 Å². The Morgan fingerprint density at radius 3 is 2.73 bits per heavy atom. The molecule has 2 atom stereocenters. The second-order valence-electron chi connectivity index (χ2n) is 7.39. The fraction of sp³-hybridized carbons (Fsp3) is 0.632. The van der Waals surface area contributed by atoms with Gasteiger partial charge >= 0.3 is 0 Å². The maximum absolute atomic E-state index is 5.51. The highest BCUT2D eigenvalue weighted by Crippen LogP contribution is 2.36. The Kier molecular flexibility index (Phi) is 7.76. The van der Waals surface area contributed by atoms with E-state index in [0.717, 1.165) is 29.3 Å². The van der Waals surface area contributed by atoms with Crippen molar-refractivity contribution >= 4 is 41.7 Å². The van der Waals surface area contributed by atoms with Gasteiger partial charge in [-0.15, -0.1) is 24.0 Å². The van der Waals surface area contributed by atoms with Crippen molar-refractivity contribution in [3.63, 3.8) is 0 Å². The number of ether oxygens (including phenoxy) is 2. The Bertz CT molecular complexity index is 639. The summed E-state index contributed by atoms with van der Waals surface area (Å²) < 4.78 is 10.9. The van der Waals surface area contributed by atoms with Gasteiger partial charge in [0.05, 0.1) is 0 Å². The molecule has 1 aliphatic heterocycles. The molecular formula is C19H30IN3O2S. The molecule has 0 spiro atoms. The van der Waals surface area contributed by atoms with E-state index in [2.05, 4.69) is 47.9 Å². The van der Waals surface area contributed by atoms with Crippen LogP contribution in [0.4, 0.5) is 0 Å². The molecule has 1 aromatic carbocycles. The maximum atomic E-state index is 5.51. The van der Waals surface area contributed by atoms with Crippen LogP contribution in [0.2, 0.25) is 0 Å². The first-order chi connectivity index (χ1) is 12.0. The van der Waals surface area contributed by atoms with Crippen molar-refractivity contribution in [1.82, 2.24) is 10.6 Å². The third-order valence-corrected chi connectivity index (χ3v) is 6.23. The minimum Gasteiger partial charge on any atom is -0.454 e. The third-order valence-electron chi connectivity index (χ3n) is 5.13. The molecule has 2 N–H and O–H groups in total. The molecule has 1 aromatic rings. The number of benzene rings is 1. The van der Waals surface area contributed by atoms with E-state index >= 15 is 0 Å². The average Bonchev–Trinajstić information content (AvgIpc) is 3.26. The number of hydrogen-bond donors (Lipinski definition) is 2. The van der Waals surface area contributed by atoms with Crippen LogP contribution in [-0.2, 0) is 5.41 Å². The zero-order valence-electron chi connectivity index (χ0n) is 16.0. The van der Waals surface area contributed by atoms with Crippen LogP contribution in [0.15, 0.2) is 23.2 Å². The first-order valence-corrected chi connectivity index (χ1v) is 10.2. The molecule has 1 aliphatic carbocycles. The van der Waals surface area contributed by atoms with E-state index in [1.165, 1.54) is 24.8 Å². The summed E-state index contributed by atoms with van der Waals surface area (Å²) in [7, 11) is 1.84. The van der Waals surface area contributed by atoms with Gasteiger partial charge in [-0.05, 0) is 43.2 Å². The van der Waals surface area contributed by atoms with Gasteiger partial charge in [-0.3, -0.25) is 4.99 Å². The van der Waals surface area contributed by atoms with Crippen LogP contribution in [0.1, 0.15) is 38.7 Å². The van der Waals surface area contributed by atoms with Gasteiger partial charge in [0.1, 0.15) is 0 Å². The quantitative estimate of drug-likeness (QED) is 0.373. The highest BCUT2D eigenvalue weighted by atomic mass is 127. The van der Waals surface area contributed by atoms with E-state index in [1.807, 2.05) is 24.9 Å². The SMILES string of the molecule is CN=C(NCC(C)(C)c1ccc2c(c1)OCO2)NC1CCC(SC)C1.I. The molecule has 26 heavy (non-hydrogen) atoms. The van der Waals surface area contributed by atoms with Gasteiger partial charge < -0.3 is 20.1 Å². The molecule has 1 fully saturated rings. The summed E-state index contributed by atoms with van der Waals surface area (Å²) in [5.74, 6) is 2.55. The number of aliphatic imine (C=N–C) groups is 1. The number of fused-ring (bicyclic) bond motifs is 1. The Morgan fingerprint density at radius 1 is 1.27 bits per heavy atom. The molecule has 5 nitrogen and oxygen atoms in total. The Hall–Kier alpha value is -0.830. The highest BCUT2D eigenvalue weighted by molar-refractivity contribution is 14.0. The summed E-state index contributed by atoms with van der Waals surface area (Å²) in [5.41, 5.74) is 1.18. The van der Waals surface area contributed by atoms with E-state index in [1.54, 1.807) is 0 Å². The molecule has 2 unspecified atom stereocenters. The first kappa shape index (κ1) is 21.5. The van der Waals surface area contributed by atoms with Crippen LogP contribution >= 0.6 is 35.7 Å². The molecule has 0 radical (unpaired) electrons. The molecule has 1 heterocycles. The topological polar surface area (TPSA) is 54.9 Å². The van der Waals surface area contributed by atoms with Gasteiger partial charge in [-0.1, -0.05) is 19.9 Å². The van der Waals surface area contributed by atoms with Crippen molar-refractivity contribution in [3.05, 3.63) is 23.8 Å². The van der Waals surface area contributed by atoms with E-state index < -0.39 is 0 Å². The molecule has 2 aliphatic rings. The summed E-state index contributed by atoms with van der Waals surface area (Å²) >= 11 is 1.97. The molecule has 0 amide bonds. The predicted molar refractivity (Wildman–Crippen MR) is 120 cm³/mol. The third kappa shape index (κ3) is 5.12. The lowest BCUT2D eigenvalue weighted by Gasteiger charge is -2.27. The molecule has 3 rings (SSSR count). The van der Waals surface area contributed by atoms with Crippen molar-refractivity contribution in [2.24, 2.45) is 4.99 Å². The van der Waals surface area contributed by atoms with E-state index in [9.17, 15) is 0 Å². The van der Waals surface area contributed by atoms with Crippen LogP contribution < -0.4 is 20.1 Å². The van der Waals surface area contributed by atoms with Crippen LogP contribution in [0.5, 0.6) is 11.5 Å². The van der Waals surface area contributed by atoms with Crippen molar-refractivity contribution in [3.8, 4) is 11.5 Å². The van der Waals surface area contributed by atoms with Crippen molar-refractivity contribution < 1.29 is 9.47 Å². The lowest BCUT2D eigenvalue weighted by Crippen LogP contribution is -2.46. The van der Waals surface area contributed by atoms with Crippen molar-refractivity contribution in [2.45, 2.75) is 49.8 Å². The number of hydrogen-bond acceptors (Lipinski definition) is 4. The number of rotatable bonds is 5. The molecular weight excluding hydrogens is 461 g/mol.